The molecule has 0 spiro atoms. The van der Waals surface area contributed by atoms with Crippen molar-refractivity contribution in [2.45, 2.75) is 72.1 Å². The summed E-state index contributed by atoms with van der Waals surface area (Å²) in [4.78, 5) is 14.5. The predicted octanol–water partition coefficient (Wildman–Crippen LogP) is 4.38. The number of methoxy groups -OCH3 is 1. The van der Waals surface area contributed by atoms with Crippen LogP contribution in [0, 0.1) is 13.8 Å². The van der Waals surface area contributed by atoms with Gasteiger partial charge in [0.15, 0.2) is 0 Å². The van der Waals surface area contributed by atoms with Gasteiger partial charge in [-0.25, -0.2) is 4.79 Å². The minimum absolute atomic E-state index is 0.273. The Hall–Kier alpha value is -1.79. The lowest BCUT2D eigenvalue weighted by molar-refractivity contribution is 0.0507. The highest BCUT2D eigenvalue weighted by Gasteiger charge is 2.31. The zero-order valence-corrected chi connectivity index (χ0v) is 19.1. The maximum absolute atomic E-state index is 12.0. The Morgan fingerprint density at radius 3 is 2.62 bits per heavy atom. The lowest BCUT2D eigenvalue weighted by Crippen LogP contribution is -2.43. The number of likely N-dealkylation sites (tertiary alicyclic amines) is 1. The Kier molecular flexibility index (Phi) is 8.34. The average Bonchev–Trinajstić information content (AvgIpc) is 3.10. The highest BCUT2D eigenvalue weighted by atomic mass is 16.6. The van der Waals surface area contributed by atoms with E-state index in [0.29, 0.717) is 25.8 Å². The van der Waals surface area contributed by atoms with Gasteiger partial charge in [-0.15, -0.1) is 0 Å². The SMILES string of the molecule is COCCOc1ccc([C@H](C)N2CCCC2CNC(=O)OC(C)(C)C)c(C)c1C. The summed E-state index contributed by atoms with van der Waals surface area (Å²) < 4.78 is 16.3. The number of hydrogen-bond acceptors (Lipinski definition) is 5. The zero-order chi connectivity index (χ0) is 21.6. The van der Waals surface area contributed by atoms with Gasteiger partial charge < -0.3 is 19.5 Å². The molecule has 1 N–H and O–H groups in total. The Morgan fingerprint density at radius 1 is 1.24 bits per heavy atom. The fraction of sp³-hybridized carbons (Fsp3) is 0.696. The summed E-state index contributed by atoms with van der Waals surface area (Å²) in [6.45, 7) is 14.9. The van der Waals surface area contributed by atoms with Crippen LogP contribution in [0.25, 0.3) is 0 Å². The van der Waals surface area contributed by atoms with Crippen LogP contribution in [0.3, 0.4) is 0 Å². The van der Waals surface area contributed by atoms with E-state index in [9.17, 15) is 4.79 Å². The molecule has 1 aromatic carbocycles. The molecule has 2 atom stereocenters. The lowest BCUT2D eigenvalue weighted by Gasteiger charge is -2.32. The van der Waals surface area contributed by atoms with Crippen molar-refractivity contribution < 1.29 is 19.0 Å². The summed E-state index contributed by atoms with van der Waals surface area (Å²) in [5, 5.41) is 2.95. The molecule has 164 valence electrons. The second-order valence-electron chi connectivity index (χ2n) is 8.84. The van der Waals surface area contributed by atoms with Crippen LogP contribution in [0.4, 0.5) is 4.79 Å². The van der Waals surface area contributed by atoms with E-state index in [-0.39, 0.29) is 12.1 Å². The third-order valence-corrected chi connectivity index (χ3v) is 5.58. The maximum Gasteiger partial charge on any atom is 0.407 e. The van der Waals surface area contributed by atoms with Gasteiger partial charge in [-0.3, -0.25) is 4.90 Å². The number of amides is 1. The number of nitrogens with zero attached hydrogens (tertiary/aromatic N) is 1. The molecule has 1 heterocycles. The standard InChI is InChI=1S/C23H38N2O4/c1-16-17(2)21(28-14-13-27-7)11-10-20(16)18(3)25-12-8-9-19(25)15-24-22(26)29-23(4,5)6/h10-11,18-19H,8-9,12-15H2,1-7H3,(H,24,26)/t18-,19?/m0/s1. The van der Waals surface area contributed by atoms with E-state index in [4.69, 9.17) is 14.2 Å². The lowest BCUT2D eigenvalue weighted by atomic mass is 9.96. The van der Waals surface area contributed by atoms with Crippen LogP contribution < -0.4 is 10.1 Å². The van der Waals surface area contributed by atoms with E-state index < -0.39 is 5.60 Å². The number of carbonyl (C=O) groups is 1. The molecule has 1 aliphatic heterocycles. The molecule has 1 unspecified atom stereocenters. The summed E-state index contributed by atoms with van der Waals surface area (Å²) in [7, 11) is 1.68. The van der Waals surface area contributed by atoms with E-state index in [1.54, 1.807) is 7.11 Å². The monoisotopic (exact) mass is 406 g/mol. The number of benzene rings is 1. The van der Waals surface area contributed by atoms with E-state index in [1.165, 1.54) is 16.7 Å². The van der Waals surface area contributed by atoms with Gasteiger partial charge in [-0.2, -0.15) is 0 Å². The Balaban J connectivity index is 2.03. The summed E-state index contributed by atoms with van der Waals surface area (Å²) in [5.41, 5.74) is 3.27. The van der Waals surface area contributed by atoms with Gasteiger partial charge in [0.2, 0.25) is 0 Å². The number of hydrogen-bond donors (Lipinski definition) is 1. The quantitative estimate of drug-likeness (QED) is 0.649. The summed E-state index contributed by atoms with van der Waals surface area (Å²) in [6.07, 6.45) is 1.87. The molecule has 1 amide bonds. The molecule has 0 saturated carbocycles. The molecule has 29 heavy (non-hydrogen) atoms. The van der Waals surface area contributed by atoms with Crippen LogP contribution in [0.1, 0.15) is 63.3 Å². The molecular weight excluding hydrogens is 368 g/mol. The Labute approximate surface area is 175 Å². The van der Waals surface area contributed by atoms with Crippen molar-refractivity contribution in [1.82, 2.24) is 10.2 Å². The highest BCUT2D eigenvalue weighted by Crippen LogP contribution is 2.34. The minimum atomic E-state index is -0.478. The topological polar surface area (TPSA) is 60.0 Å². The van der Waals surface area contributed by atoms with Crippen LogP contribution in [-0.4, -0.2) is 56.0 Å². The molecule has 0 radical (unpaired) electrons. The predicted molar refractivity (Wildman–Crippen MR) is 116 cm³/mol. The summed E-state index contributed by atoms with van der Waals surface area (Å²) >= 11 is 0. The van der Waals surface area contributed by atoms with Crippen LogP contribution in [0.5, 0.6) is 5.75 Å². The van der Waals surface area contributed by atoms with Gasteiger partial charge in [0.1, 0.15) is 18.0 Å². The van der Waals surface area contributed by atoms with Gasteiger partial charge in [-0.1, -0.05) is 6.07 Å². The van der Waals surface area contributed by atoms with E-state index in [1.807, 2.05) is 20.8 Å². The number of nitrogens with one attached hydrogen (secondary N) is 1. The second kappa shape index (κ2) is 10.3. The molecule has 1 aromatic rings. The number of alkyl carbamates (subject to hydrolysis) is 1. The molecule has 1 fully saturated rings. The molecule has 2 rings (SSSR count). The largest absolute Gasteiger partial charge is 0.491 e. The first-order valence-electron chi connectivity index (χ1n) is 10.6. The fourth-order valence-electron chi connectivity index (χ4n) is 3.94. The van der Waals surface area contributed by atoms with E-state index in [2.05, 4.69) is 43.1 Å². The summed E-state index contributed by atoms with van der Waals surface area (Å²) in [6, 6.07) is 4.82. The van der Waals surface area contributed by atoms with Crippen molar-refractivity contribution in [2.24, 2.45) is 0 Å². The van der Waals surface area contributed by atoms with Crippen LogP contribution in [0.2, 0.25) is 0 Å². The number of rotatable bonds is 8. The van der Waals surface area contributed by atoms with Crippen molar-refractivity contribution >= 4 is 6.09 Å². The highest BCUT2D eigenvalue weighted by molar-refractivity contribution is 5.67. The van der Waals surface area contributed by atoms with Gasteiger partial charge >= 0.3 is 6.09 Å². The van der Waals surface area contributed by atoms with E-state index >= 15 is 0 Å². The number of carbonyl (C=O) groups excluding carboxylic acids is 1. The first-order chi connectivity index (χ1) is 13.6. The van der Waals surface area contributed by atoms with Gasteiger partial charge in [-0.05, 0) is 83.7 Å². The molecule has 0 aliphatic carbocycles. The van der Waals surface area contributed by atoms with Crippen LogP contribution in [-0.2, 0) is 9.47 Å². The van der Waals surface area contributed by atoms with Crippen LogP contribution >= 0.6 is 0 Å². The smallest absolute Gasteiger partial charge is 0.407 e. The number of ether oxygens (including phenoxy) is 3. The average molecular weight is 407 g/mol. The third kappa shape index (κ3) is 6.61. The molecule has 6 heteroatoms. The summed E-state index contributed by atoms with van der Waals surface area (Å²) in [5.74, 6) is 0.917. The zero-order valence-electron chi connectivity index (χ0n) is 19.1. The molecule has 0 bridgehead atoms. The normalized spacial score (nSPS) is 18.5. The first-order valence-corrected chi connectivity index (χ1v) is 10.6. The molecular formula is C23H38N2O4. The first kappa shape index (κ1) is 23.5. The van der Waals surface area contributed by atoms with Crippen molar-refractivity contribution in [3.63, 3.8) is 0 Å². The Morgan fingerprint density at radius 2 is 1.97 bits per heavy atom. The van der Waals surface area contributed by atoms with Crippen molar-refractivity contribution in [3.05, 3.63) is 28.8 Å². The van der Waals surface area contributed by atoms with E-state index in [0.717, 1.165) is 25.1 Å². The Bertz CT molecular complexity index is 684. The molecule has 1 saturated heterocycles. The molecule has 1 aliphatic rings. The third-order valence-electron chi connectivity index (χ3n) is 5.58. The van der Waals surface area contributed by atoms with Crippen molar-refractivity contribution in [3.8, 4) is 5.75 Å². The van der Waals surface area contributed by atoms with Gasteiger partial charge in [0.25, 0.3) is 0 Å². The fourth-order valence-corrected chi connectivity index (χ4v) is 3.94. The molecule has 6 nitrogen and oxygen atoms in total. The van der Waals surface area contributed by atoms with Gasteiger partial charge in [0, 0.05) is 25.7 Å². The second-order valence-corrected chi connectivity index (χ2v) is 8.84. The van der Waals surface area contributed by atoms with Crippen LogP contribution in [0.15, 0.2) is 12.1 Å². The minimum Gasteiger partial charge on any atom is -0.491 e. The van der Waals surface area contributed by atoms with Crippen molar-refractivity contribution in [2.75, 3.05) is 33.4 Å². The molecule has 0 aromatic heterocycles. The maximum atomic E-state index is 12.0. The van der Waals surface area contributed by atoms with Crippen molar-refractivity contribution in [1.29, 1.82) is 0 Å². The van der Waals surface area contributed by atoms with Gasteiger partial charge in [0.05, 0.1) is 6.61 Å².